The summed E-state index contributed by atoms with van der Waals surface area (Å²) in [5, 5.41) is 8.81. The van der Waals surface area contributed by atoms with Crippen molar-refractivity contribution in [3.8, 4) is 0 Å². The topological polar surface area (TPSA) is 35.8 Å². The summed E-state index contributed by atoms with van der Waals surface area (Å²) in [5.74, 6) is 1.07. The molecule has 0 saturated carbocycles. The Kier molecular flexibility index (Phi) is 3.02. The fraction of sp³-hybridized carbons (Fsp3) is 0.417. The van der Waals surface area contributed by atoms with Crippen molar-refractivity contribution in [1.82, 2.24) is 4.90 Å². The van der Waals surface area contributed by atoms with Gasteiger partial charge in [-0.3, -0.25) is 4.99 Å². The maximum Gasteiger partial charge on any atom is 0.130 e. The highest BCUT2D eigenvalue weighted by Crippen LogP contribution is 2.11. The Morgan fingerprint density at radius 2 is 2.07 bits per heavy atom. The van der Waals surface area contributed by atoms with E-state index in [4.69, 9.17) is 5.11 Å². The molecule has 0 amide bonds. The van der Waals surface area contributed by atoms with Crippen LogP contribution in [0.4, 0.5) is 0 Å². The molecule has 0 radical (unpaired) electrons. The summed E-state index contributed by atoms with van der Waals surface area (Å²) in [6, 6.07) is 8.26. The van der Waals surface area contributed by atoms with Gasteiger partial charge in [0.1, 0.15) is 5.84 Å². The number of nitrogens with zero attached hydrogens (tertiary/aromatic N) is 2. The molecule has 0 unspecified atom stereocenters. The zero-order chi connectivity index (χ0) is 10.7. The molecule has 1 aliphatic heterocycles. The lowest BCUT2D eigenvalue weighted by atomic mass is 10.1. The van der Waals surface area contributed by atoms with E-state index in [-0.39, 0.29) is 6.61 Å². The molecule has 1 heterocycles. The minimum absolute atomic E-state index is 0.209. The Morgan fingerprint density at radius 1 is 1.33 bits per heavy atom. The van der Waals surface area contributed by atoms with Gasteiger partial charge in [-0.05, 0) is 12.0 Å². The maximum atomic E-state index is 8.81. The highest BCUT2D eigenvalue weighted by molar-refractivity contribution is 5.99. The van der Waals surface area contributed by atoms with Gasteiger partial charge in [0.2, 0.25) is 0 Å². The molecule has 0 atom stereocenters. The Balaban J connectivity index is 2.16. The molecular formula is C12H16N2O. The third-order valence-corrected chi connectivity index (χ3v) is 2.67. The fourth-order valence-electron chi connectivity index (χ4n) is 1.79. The largest absolute Gasteiger partial charge is 0.396 e. The van der Waals surface area contributed by atoms with E-state index in [1.54, 1.807) is 0 Å². The fourth-order valence-corrected chi connectivity index (χ4v) is 1.79. The first-order valence-electron chi connectivity index (χ1n) is 5.27. The van der Waals surface area contributed by atoms with E-state index < -0.39 is 0 Å². The molecule has 0 saturated heterocycles. The molecule has 15 heavy (non-hydrogen) atoms. The number of aliphatic imine (C=N–C) groups is 1. The van der Waals surface area contributed by atoms with Gasteiger partial charge in [-0.2, -0.15) is 0 Å². The third-order valence-electron chi connectivity index (χ3n) is 2.67. The predicted octanol–water partition coefficient (Wildman–Crippen LogP) is 0.913. The lowest BCUT2D eigenvalue weighted by Gasteiger charge is -2.13. The molecule has 0 aliphatic carbocycles. The first-order valence-corrected chi connectivity index (χ1v) is 5.27. The lowest BCUT2D eigenvalue weighted by Crippen LogP contribution is -2.23. The van der Waals surface area contributed by atoms with Gasteiger partial charge in [-0.25, -0.2) is 0 Å². The smallest absolute Gasteiger partial charge is 0.130 e. The van der Waals surface area contributed by atoms with Gasteiger partial charge in [0, 0.05) is 25.8 Å². The first-order chi connectivity index (χ1) is 7.31. The quantitative estimate of drug-likeness (QED) is 0.794. The Morgan fingerprint density at radius 3 is 2.60 bits per heavy atom. The van der Waals surface area contributed by atoms with Crippen LogP contribution in [0.1, 0.15) is 11.1 Å². The van der Waals surface area contributed by atoms with Gasteiger partial charge in [0.15, 0.2) is 0 Å². The van der Waals surface area contributed by atoms with E-state index in [0.29, 0.717) is 0 Å². The van der Waals surface area contributed by atoms with E-state index in [1.807, 2.05) is 0 Å². The van der Waals surface area contributed by atoms with Gasteiger partial charge >= 0.3 is 0 Å². The average molecular weight is 204 g/mol. The maximum absolute atomic E-state index is 8.81. The highest BCUT2D eigenvalue weighted by Gasteiger charge is 2.13. The van der Waals surface area contributed by atoms with Gasteiger partial charge in [-0.15, -0.1) is 0 Å². The van der Waals surface area contributed by atoms with Crippen molar-refractivity contribution in [2.45, 2.75) is 6.42 Å². The average Bonchev–Trinajstić information content (AvgIpc) is 2.66. The van der Waals surface area contributed by atoms with Crippen LogP contribution in [-0.4, -0.2) is 42.6 Å². The highest BCUT2D eigenvalue weighted by atomic mass is 16.2. The van der Waals surface area contributed by atoms with Crippen LogP contribution in [0, 0.1) is 0 Å². The van der Waals surface area contributed by atoms with Gasteiger partial charge in [0.05, 0.1) is 6.54 Å². The SMILES string of the molecule is CN1CCN=C1c1ccc(CCO)cc1. The summed E-state index contributed by atoms with van der Waals surface area (Å²) < 4.78 is 0. The molecule has 1 aromatic rings. The van der Waals surface area contributed by atoms with Crippen LogP contribution < -0.4 is 0 Å². The number of hydrogen-bond acceptors (Lipinski definition) is 3. The van der Waals surface area contributed by atoms with Crippen molar-refractivity contribution in [2.75, 3.05) is 26.7 Å². The molecule has 0 spiro atoms. The normalized spacial score (nSPS) is 15.6. The monoisotopic (exact) mass is 204 g/mol. The van der Waals surface area contributed by atoms with Crippen LogP contribution in [0.5, 0.6) is 0 Å². The van der Waals surface area contributed by atoms with Crippen molar-refractivity contribution >= 4 is 5.84 Å². The number of aliphatic hydroxyl groups is 1. The molecule has 3 nitrogen and oxygen atoms in total. The van der Waals surface area contributed by atoms with Gasteiger partial charge < -0.3 is 10.0 Å². The Labute approximate surface area is 90.1 Å². The number of amidine groups is 1. The zero-order valence-corrected chi connectivity index (χ0v) is 8.98. The van der Waals surface area contributed by atoms with Crippen LogP contribution in [0.3, 0.4) is 0 Å². The first kappa shape index (κ1) is 10.2. The van der Waals surface area contributed by atoms with E-state index in [9.17, 15) is 0 Å². The summed E-state index contributed by atoms with van der Waals surface area (Å²) in [4.78, 5) is 6.62. The van der Waals surface area contributed by atoms with Crippen molar-refractivity contribution < 1.29 is 5.11 Å². The Bertz CT molecular complexity index is 356. The molecule has 2 rings (SSSR count). The Hall–Kier alpha value is -1.35. The summed E-state index contributed by atoms with van der Waals surface area (Å²) in [5.41, 5.74) is 2.33. The zero-order valence-electron chi connectivity index (χ0n) is 8.98. The number of hydrogen-bond donors (Lipinski definition) is 1. The van der Waals surface area contributed by atoms with Crippen LogP contribution in [0.15, 0.2) is 29.3 Å². The second kappa shape index (κ2) is 4.45. The van der Waals surface area contributed by atoms with Crippen molar-refractivity contribution in [1.29, 1.82) is 0 Å². The van der Waals surface area contributed by atoms with Crippen LogP contribution in [0.25, 0.3) is 0 Å². The van der Waals surface area contributed by atoms with E-state index in [1.165, 1.54) is 5.56 Å². The molecule has 0 bridgehead atoms. The van der Waals surface area contributed by atoms with E-state index in [0.717, 1.165) is 30.9 Å². The standard InChI is InChI=1S/C12H16N2O/c1-14-8-7-13-12(14)11-4-2-10(3-5-11)6-9-15/h2-5,15H,6-9H2,1H3. The van der Waals surface area contributed by atoms with Crippen molar-refractivity contribution in [2.24, 2.45) is 4.99 Å². The second-order valence-corrected chi connectivity index (χ2v) is 3.80. The minimum Gasteiger partial charge on any atom is -0.396 e. The van der Waals surface area contributed by atoms with E-state index >= 15 is 0 Å². The lowest BCUT2D eigenvalue weighted by molar-refractivity contribution is 0.299. The third kappa shape index (κ3) is 2.18. The van der Waals surface area contributed by atoms with Crippen LogP contribution in [0.2, 0.25) is 0 Å². The molecule has 1 N–H and O–H groups in total. The number of aliphatic hydroxyl groups excluding tert-OH is 1. The summed E-state index contributed by atoms with van der Waals surface area (Å²) in [7, 11) is 2.06. The molecule has 3 heteroatoms. The second-order valence-electron chi connectivity index (χ2n) is 3.80. The van der Waals surface area contributed by atoms with Crippen LogP contribution >= 0.6 is 0 Å². The summed E-state index contributed by atoms with van der Waals surface area (Å²) in [6.45, 7) is 2.11. The van der Waals surface area contributed by atoms with Gasteiger partial charge in [0.25, 0.3) is 0 Å². The van der Waals surface area contributed by atoms with Crippen molar-refractivity contribution in [3.05, 3.63) is 35.4 Å². The predicted molar refractivity (Wildman–Crippen MR) is 61.3 cm³/mol. The van der Waals surface area contributed by atoms with Crippen LogP contribution in [-0.2, 0) is 6.42 Å². The molecule has 1 aromatic carbocycles. The van der Waals surface area contributed by atoms with Gasteiger partial charge in [-0.1, -0.05) is 24.3 Å². The molecule has 0 fully saturated rings. The molecule has 0 aromatic heterocycles. The summed E-state index contributed by atoms with van der Waals surface area (Å²) >= 11 is 0. The minimum atomic E-state index is 0.209. The van der Waals surface area contributed by atoms with Crippen molar-refractivity contribution in [3.63, 3.8) is 0 Å². The molecule has 80 valence electrons. The molecule has 1 aliphatic rings. The summed E-state index contributed by atoms with van der Waals surface area (Å²) in [6.07, 6.45) is 0.725. The number of benzene rings is 1. The number of likely N-dealkylation sites (N-methyl/N-ethyl adjacent to an activating group) is 1. The molecular weight excluding hydrogens is 188 g/mol. The number of rotatable bonds is 3. The van der Waals surface area contributed by atoms with E-state index in [2.05, 4.69) is 41.2 Å².